The van der Waals surface area contributed by atoms with Crippen LogP contribution >= 0.6 is 0 Å². The molecular formula is C14H24N2O2S. The Labute approximate surface area is 116 Å². The van der Waals surface area contributed by atoms with E-state index in [-0.39, 0.29) is 0 Å². The van der Waals surface area contributed by atoms with Gasteiger partial charge in [0.2, 0.25) is 10.0 Å². The van der Waals surface area contributed by atoms with Gasteiger partial charge in [-0.05, 0) is 36.6 Å². The Morgan fingerprint density at radius 3 is 2.26 bits per heavy atom. The smallest absolute Gasteiger partial charge is 0.242 e. The van der Waals surface area contributed by atoms with E-state index in [0.717, 1.165) is 16.7 Å². The van der Waals surface area contributed by atoms with E-state index < -0.39 is 10.0 Å². The molecule has 1 aromatic carbocycles. The minimum atomic E-state index is -3.39. The first-order valence-corrected chi connectivity index (χ1v) is 7.86. The maximum atomic E-state index is 12.3. The normalized spacial score (nSPS) is 12.4. The molecule has 1 N–H and O–H groups in total. The minimum Gasteiger partial charge on any atom is -0.310 e. The van der Waals surface area contributed by atoms with Crippen molar-refractivity contribution in [2.45, 2.75) is 45.2 Å². The molecule has 4 nitrogen and oxygen atoms in total. The van der Waals surface area contributed by atoms with Crippen molar-refractivity contribution in [1.82, 2.24) is 9.62 Å². The van der Waals surface area contributed by atoms with Crippen LogP contribution < -0.4 is 5.32 Å². The Balaban J connectivity index is 3.25. The van der Waals surface area contributed by atoms with Gasteiger partial charge in [0.25, 0.3) is 0 Å². The predicted molar refractivity (Wildman–Crippen MR) is 78.8 cm³/mol. The molecule has 19 heavy (non-hydrogen) atoms. The lowest BCUT2D eigenvalue weighted by Crippen LogP contribution is -2.25. The van der Waals surface area contributed by atoms with Gasteiger partial charge in [-0.2, -0.15) is 0 Å². The van der Waals surface area contributed by atoms with E-state index in [4.69, 9.17) is 0 Å². The van der Waals surface area contributed by atoms with Crippen molar-refractivity contribution in [3.63, 3.8) is 0 Å². The van der Waals surface area contributed by atoms with Crippen LogP contribution in [0.15, 0.2) is 17.0 Å². The van der Waals surface area contributed by atoms with E-state index in [9.17, 15) is 8.42 Å². The quantitative estimate of drug-likeness (QED) is 0.900. The highest BCUT2D eigenvalue weighted by atomic mass is 32.2. The van der Waals surface area contributed by atoms with Crippen molar-refractivity contribution in [2.75, 3.05) is 14.1 Å². The molecule has 0 radical (unpaired) electrons. The summed E-state index contributed by atoms with van der Waals surface area (Å²) in [6.07, 6.45) is 0. The molecule has 0 bridgehead atoms. The van der Waals surface area contributed by atoms with Crippen molar-refractivity contribution in [2.24, 2.45) is 0 Å². The topological polar surface area (TPSA) is 49.4 Å². The van der Waals surface area contributed by atoms with Crippen LogP contribution in [0.5, 0.6) is 0 Å². The van der Waals surface area contributed by atoms with E-state index in [2.05, 4.69) is 19.2 Å². The van der Waals surface area contributed by atoms with Crippen molar-refractivity contribution >= 4 is 10.0 Å². The Morgan fingerprint density at radius 2 is 1.79 bits per heavy atom. The van der Waals surface area contributed by atoms with Crippen LogP contribution in [0.1, 0.15) is 30.5 Å². The zero-order chi connectivity index (χ0) is 14.8. The van der Waals surface area contributed by atoms with Gasteiger partial charge >= 0.3 is 0 Å². The van der Waals surface area contributed by atoms with Gasteiger partial charge in [0.15, 0.2) is 0 Å². The summed E-state index contributed by atoms with van der Waals surface area (Å²) in [4.78, 5) is 0.401. The van der Waals surface area contributed by atoms with Crippen molar-refractivity contribution in [3.05, 3.63) is 28.8 Å². The monoisotopic (exact) mass is 284 g/mol. The molecule has 0 aromatic heterocycles. The van der Waals surface area contributed by atoms with Crippen LogP contribution in [0, 0.1) is 13.8 Å². The molecular weight excluding hydrogens is 260 g/mol. The Hall–Kier alpha value is -0.910. The number of hydrogen-bond donors (Lipinski definition) is 1. The Kier molecular flexibility index (Phi) is 5.12. The standard InChI is InChI=1S/C14H24N2O2S/c1-10(2)15-9-13-7-11(3)12(4)14(8-13)19(17,18)16(5)6/h7-8,10,15H,9H2,1-6H3. The first-order valence-electron chi connectivity index (χ1n) is 6.42. The third-order valence-electron chi connectivity index (χ3n) is 3.15. The zero-order valence-electron chi connectivity index (χ0n) is 12.6. The zero-order valence-corrected chi connectivity index (χ0v) is 13.4. The Morgan fingerprint density at radius 1 is 1.21 bits per heavy atom. The molecule has 108 valence electrons. The highest BCUT2D eigenvalue weighted by Crippen LogP contribution is 2.23. The van der Waals surface area contributed by atoms with Crippen molar-refractivity contribution < 1.29 is 8.42 Å². The summed E-state index contributed by atoms with van der Waals surface area (Å²) >= 11 is 0. The highest BCUT2D eigenvalue weighted by molar-refractivity contribution is 7.89. The lowest BCUT2D eigenvalue weighted by atomic mass is 10.1. The average molecular weight is 284 g/mol. The van der Waals surface area contributed by atoms with Gasteiger partial charge in [-0.15, -0.1) is 0 Å². The van der Waals surface area contributed by atoms with Gasteiger partial charge in [-0.3, -0.25) is 0 Å². The average Bonchev–Trinajstić information content (AvgIpc) is 2.29. The first-order chi connectivity index (χ1) is 8.66. The van der Waals surface area contributed by atoms with E-state index in [1.165, 1.54) is 4.31 Å². The molecule has 0 heterocycles. The van der Waals surface area contributed by atoms with Gasteiger partial charge in [-0.1, -0.05) is 19.9 Å². The molecule has 1 rings (SSSR count). The summed E-state index contributed by atoms with van der Waals surface area (Å²) in [7, 11) is -0.268. The van der Waals surface area contributed by atoms with Crippen LogP contribution in [-0.2, 0) is 16.6 Å². The van der Waals surface area contributed by atoms with Gasteiger partial charge < -0.3 is 5.32 Å². The third-order valence-corrected chi connectivity index (χ3v) is 5.09. The van der Waals surface area contributed by atoms with Gasteiger partial charge in [0.1, 0.15) is 0 Å². The number of benzene rings is 1. The largest absolute Gasteiger partial charge is 0.310 e. The van der Waals surface area contributed by atoms with Crippen LogP contribution in [-0.4, -0.2) is 32.9 Å². The van der Waals surface area contributed by atoms with Gasteiger partial charge in [-0.25, -0.2) is 12.7 Å². The van der Waals surface area contributed by atoms with Crippen molar-refractivity contribution in [3.8, 4) is 0 Å². The summed E-state index contributed by atoms with van der Waals surface area (Å²) in [5, 5.41) is 3.31. The molecule has 0 aliphatic heterocycles. The summed E-state index contributed by atoms with van der Waals surface area (Å²) in [5.74, 6) is 0. The number of hydrogen-bond acceptors (Lipinski definition) is 3. The van der Waals surface area contributed by atoms with Gasteiger partial charge in [0, 0.05) is 26.7 Å². The van der Waals surface area contributed by atoms with E-state index in [1.807, 2.05) is 19.9 Å². The van der Waals surface area contributed by atoms with Crippen LogP contribution in [0.3, 0.4) is 0 Å². The molecule has 0 unspecified atom stereocenters. The number of nitrogens with one attached hydrogen (secondary N) is 1. The second-order valence-electron chi connectivity index (χ2n) is 5.36. The fraction of sp³-hybridized carbons (Fsp3) is 0.571. The van der Waals surface area contributed by atoms with Crippen molar-refractivity contribution in [1.29, 1.82) is 0 Å². The lowest BCUT2D eigenvalue weighted by molar-refractivity contribution is 0.519. The molecule has 0 amide bonds. The SMILES string of the molecule is Cc1cc(CNC(C)C)cc(S(=O)(=O)N(C)C)c1C. The molecule has 0 saturated carbocycles. The lowest BCUT2D eigenvalue weighted by Gasteiger charge is -2.17. The van der Waals surface area contributed by atoms with Crippen LogP contribution in [0.25, 0.3) is 0 Å². The number of nitrogens with zero attached hydrogens (tertiary/aromatic N) is 1. The number of sulfonamides is 1. The molecule has 0 aliphatic carbocycles. The van der Waals surface area contributed by atoms with Gasteiger partial charge in [0.05, 0.1) is 4.90 Å². The molecule has 0 saturated heterocycles. The first kappa shape index (κ1) is 16.1. The van der Waals surface area contributed by atoms with E-state index >= 15 is 0 Å². The minimum absolute atomic E-state index is 0.371. The maximum Gasteiger partial charge on any atom is 0.242 e. The summed E-state index contributed by atoms with van der Waals surface area (Å²) in [6.45, 7) is 8.61. The molecule has 5 heteroatoms. The number of aryl methyl sites for hydroxylation is 1. The molecule has 0 spiro atoms. The van der Waals surface area contributed by atoms with E-state index in [1.54, 1.807) is 20.2 Å². The molecule has 0 atom stereocenters. The summed E-state index contributed by atoms with van der Waals surface area (Å²) in [6, 6.07) is 4.18. The fourth-order valence-electron chi connectivity index (χ4n) is 1.79. The second kappa shape index (κ2) is 6.03. The Bertz CT molecular complexity index is 549. The maximum absolute atomic E-state index is 12.3. The summed E-state index contributed by atoms with van der Waals surface area (Å²) < 4.78 is 25.9. The molecule has 0 aliphatic rings. The van der Waals surface area contributed by atoms with Crippen LogP contribution in [0.2, 0.25) is 0 Å². The summed E-state index contributed by atoms with van der Waals surface area (Å²) in [5.41, 5.74) is 2.82. The second-order valence-corrected chi connectivity index (χ2v) is 7.48. The molecule has 0 fully saturated rings. The third kappa shape index (κ3) is 3.78. The fourth-order valence-corrected chi connectivity index (χ4v) is 3.03. The molecule has 1 aromatic rings. The van der Waals surface area contributed by atoms with E-state index in [0.29, 0.717) is 17.5 Å². The number of rotatable bonds is 5. The van der Waals surface area contributed by atoms with Crippen LogP contribution in [0.4, 0.5) is 0 Å². The highest BCUT2D eigenvalue weighted by Gasteiger charge is 2.21. The predicted octanol–water partition coefficient (Wildman–Crippen LogP) is 2.05.